The smallest absolute Gasteiger partial charge is 0.00488 e. The van der Waals surface area contributed by atoms with Crippen LogP contribution in [0.1, 0.15) is 150 Å². The van der Waals surface area contributed by atoms with Gasteiger partial charge in [0.1, 0.15) is 0 Å². The summed E-state index contributed by atoms with van der Waals surface area (Å²) in [5, 5.41) is 3.76. The van der Waals surface area contributed by atoms with E-state index in [-0.39, 0.29) is 0 Å². The van der Waals surface area contributed by atoms with E-state index in [0.29, 0.717) is 10.8 Å². The second-order valence-corrected chi connectivity index (χ2v) is 15.0. The summed E-state index contributed by atoms with van der Waals surface area (Å²) < 4.78 is 0. The Morgan fingerprint density at radius 3 is 2.41 bits per heavy atom. The highest BCUT2D eigenvalue weighted by molar-refractivity contribution is 5.11. The molecule has 2 nitrogen and oxygen atoms in total. The van der Waals surface area contributed by atoms with Gasteiger partial charge in [-0.25, -0.2) is 0 Å². The minimum atomic E-state index is 0.608. The molecule has 0 aromatic rings. The minimum Gasteiger partial charge on any atom is -0.330 e. The van der Waals surface area contributed by atoms with Gasteiger partial charge in [0.15, 0.2) is 0 Å². The Kier molecular flexibility index (Phi) is 11.3. The lowest BCUT2D eigenvalue weighted by Gasteiger charge is -2.63. The molecule has 216 valence electrons. The lowest BCUT2D eigenvalue weighted by Crippen LogP contribution is -2.56. The summed E-state index contributed by atoms with van der Waals surface area (Å²) in [6, 6.07) is 0. The molecule has 2 heteroatoms. The average molecular weight is 515 g/mol. The molecule has 9 atom stereocenters. The predicted molar refractivity (Wildman–Crippen MR) is 162 cm³/mol. The first kappa shape index (κ1) is 29.9. The second kappa shape index (κ2) is 14.0. The van der Waals surface area contributed by atoms with Crippen molar-refractivity contribution in [2.75, 3.05) is 19.6 Å². The molecule has 4 aliphatic carbocycles. The Hall–Kier alpha value is -0.0800. The molecule has 4 saturated carbocycles. The van der Waals surface area contributed by atoms with Crippen molar-refractivity contribution in [1.29, 1.82) is 0 Å². The molecule has 3 N–H and O–H groups in total. The second-order valence-electron chi connectivity index (χ2n) is 15.0. The highest BCUT2D eigenvalue weighted by Crippen LogP contribution is 2.70. The van der Waals surface area contributed by atoms with E-state index in [2.05, 4.69) is 33.0 Å². The summed E-state index contributed by atoms with van der Waals surface area (Å²) in [6.45, 7) is 13.8. The van der Waals surface area contributed by atoms with Crippen LogP contribution in [0.4, 0.5) is 0 Å². The highest BCUT2D eigenvalue weighted by Gasteiger charge is 2.62. The van der Waals surface area contributed by atoms with Crippen LogP contribution in [0.25, 0.3) is 0 Å². The van der Waals surface area contributed by atoms with Crippen LogP contribution in [0.5, 0.6) is 0 Å². The Morgan fingerprint density at radius 1 is 0.811 bits per heavy atom. The molecule has 0 aromatic heterocycles. The molecule has 8 unspecified atom stereocenters. The summed E-state index contributed by atoms with van der Waals surface area (Å²) >= 11 is 0. The molecule has 0 aromatic carbocycles. The molecule has 4 aliphatic rings. The third kappa shape index (κ3) is 6.64. The fourth-order valence-electron chi connectivity index (χ4n) is 11.0. The lowest BCUT2D eigenvalue weighted by atomic mass is 9.42. The monoisotopic (exact) mass is 515 g/mol. The zero-order valence-corrected chi connectivity index (χ0v) is 25.7. The van der Waals surface area contributed by atoms with Crippen molar-refractivity contribution >= 4 is 0 Å². The maximum absolute atomic E-state index is 5.95. The van der Waals surface area contributed by atoms with Gasteiger partial charge in [-0.3, -0.25) is 0 Å². The zero-order chi connectivity index (χ0) is 26.3. The Bertz CT molecular complexity index is 662. The van der Waals surface area contributed by atoms with Gasteiger partial charge in [0.2, 0.25) is 0 Å². The third-order valence-electron chi connectivity index (χ3n) is 13.0. The molecule has 0 radical (unpaired) electrons. The largest absolute Gasteiger partial charge is 0.330 e. The van der Waals surface area contributed by atoms with Gasteiger partial charge in [-0.15, -0.1) is 0 Å². The molecule has 4 fully saturated rings. The van der Waals surface area contributed by atoms with Gasteiger partial charge in [0.05, 0.1) is 0 Å². The van der Waals surface area contributed by atoms with Gasteiger partial charge >= 0.3 is 0 Å². The summed E-state index contributed by atoms with van der Waals surface area (Å²) in [6.07, 6.45) is 27.6. The van der Waals surface area contributed by atoms with Gasteiger partial charge < -0.3 is 11.1 Å². The highest BCUT2D eigenvalue weighted by atomic mass is 14.8. The van der Waals surface area contributed by atoms with Crippen molar-refractivity contribution < 1.29 is 0 Å². The Morgan fingerprint density at radius 2 is 1.59 bits per heavy atom. The molecule has 0 heterocycles. The first-order valence-electron chi connectivity index (χ1n) is 17.4. The van der Waals surface area contributed by atoms with Gasteiger partial charge in [0.25, 0.3) is 0 Å². The van der Waals surface area contributed by atoms with Crippen molar-refractivity contribution in [3.63, 3.8) is 0 Å². The normalized spacial score (nSPS) is 40.1. The molecule has 37 heavy (non-hydrogen) atoms. The molecule has 0 saturated heterocycles. The number of hydrogen-bond acceptors (Lipinski definition) is 2. The van der Waals surface area contributed by atoms with E-state index in [1.54, 1.807) is 12.8 Å². The van der Waals surface area contributed by atoms with Crippen LogP contribution in [0.2, 0.25) is 0 Å². The minimum absolute atomic E-state index is 0.608. The van der Waals surface area contributed by atoms with Crippen molar-refractivity contribution in [3.8, 4) is 0 Å². The lowest BCUT2D eigenvalue weighted by molar-refractivity contribution is -0.142. The molecule has 0 amide bonds. The third-order valence-corrected chi connectivity index (χ3v) is 13.0. The van der Waals surface area contributed by atoms with Crippen LogP contribution in [0.3, 0.4) is 0 Å². The number of nitrogens with two attached hydrogens (primary N) is 1. The van der Waals surface area contributed by atoms with E-state index >= 15 is 0 Å². The van der Waals surface area contributed by atoms with Gasteiger partial charge in [-0.05, 0) is 143 Å². The molecular formula is C35H66N2. The summed E-state index contributed by atoms with van der Waals surface area (Å²) in [5.41, 5.74) is 7.21. The van der Waals surface area contributed by atoms with E-state index in [4.69, 9.17) is 5.73 Å². The van der Waals surface area contributed by atoms with Crippen LogP contribution in [0.15, 0.2) is 0 Å². The van der Waals surface area contributed by atoms with Crippen LogP contribution < -0.4 is 11.1 Å². The molecule has 0 spiro atoms. The van der Waals surface area contributed by atoms with Crippen LogP contribution in [0, 0.1) is 52.3 Å². The standard InChI is InChI=1S/C35H66N2/c1-5-6-7-8-13-24-37-25-14-15-27(2)30-18-19-31-33-28(16-10-12-23-36)26-29-17-9-11-21-34(29,3)32(33)20-22-35(30,31)4/h27-33,37H,5-26,36H2,1-4H3/t27-,28?,29?,30?,31?,32?,33?,34?,35?/m1/s1. The van der Waals surface area contributed by atoms with Crippen LogP contribution in [-0.2, 0) is 0 Å². The number of rotatable bonds is 15. The summed E-state index contributed by atoms with van der Waals surface area (Å²) in [4.78, 5) is 0. The summed E-state index contributed by atoms with van der Waals surface area (Å²) in [7, 11) is 0. The number of nitrogens with one attached hydrogen (secondary N) is 1. The topological polar surface area (TPSA) is 38.0 Å². The first-order chi connectivity index (χ1) is 18.0. The number of fused-ring (bicyclic) bond motifs is 5. The van der Waals surface area contributed by atoms with Gasteiger partial charge in [-0.1, -0.05) is 79.1 Å². The molecular weight excluding hydrogens is 448 g/mol. The fourth-order valence-corrected chi connectivity index (χ4v) is 11.0. The molecule has 0 bridgehead atoms. The van der Waals surface area contributed by atoms with Gasteiger partial charge in [0, 0.05) is 0 Å². The van der Waals surface area contributed by atoms with Gasteiger partial charge in [-0.2, -0.15) is 0 Å². The van der Waals surface area contributed by atoms with Crippen molar-refractivity contribution in [2.24, 2.45) is 58.0 Å². The number of hydrogen-bond donors (Lipinski definition) is 2. The van der Waals surface area contributed by atoms with E-state index in [1.165, 1.54) is 122 Å². The fraction of sp³-hybridized carbons (Fsp3) is 1.00. The van der Waals surface area contributed by atoms with Crippen molar-refractivity contribution in [1.82, 2.24) is 5.32 Å². The predicted octanol–water partition coefficient (Wildman–Crippen LogP) is 9.37. The van der Waals surface area contributed by atoms with Crippen molar-refractivity contribution in [3.05, 3.63) is 0 Å². The average Bonchev–Trinajstić information content (AvgIpc) is 3.25. The maximum Gasteiger partial charge on any atom is -0.00488 e. The first-order valence-corrected chi connectivity index (χ1v) is 17.4. The quantitative estimate of drug-likeness (QED) is 0.214. The van der Waals surface area contributed by atoms with E-state index in [0.717, 1.165) is 48.0 Å². The van der Waals surface area contributed by atoms with Crippen LogP contribution in [-0.4, -0.2) is 19.6 Å². The van der Waals surface area contributed by atoms with Crippen LogP contribution >= 0.6 is 0 Å². The maximum atomic E-state index is 5.95. The molecule has 4 rings (SSSR count). The van der Waals surface area contributed by atoms with E-state index in [1.807, 2.05) is 0 Å². The van der Waals surface area contributed by atoms with E-state index in [9.17, 15) is 0 Å². The van der Waals surface area contributed by atoms with Crippen molar-refractivity contribution in [2.45, 2.75) is 150 Å². The Balaban J connectivity index is 1.34. The Labute approximate surface area is 232 Å². The zero-order valence-electron chi connectivity index (χ0n) is 25.7. The number of unbranched alkanes of at least 4 members (excludes halogenated alkanes) is 5. The summed E-state index contributed by atoms with van der Waals surface area (Å²) in [5.74, 6) is 6.91. The van der Waals surface area contributed by atoms with E-state index < -0.39 is 0 Å². The SMILES string of the molecule is CCCCCCCNCCC[C@@H](C)C1CCC2C3C(CCCCN)CC4CCCCC4(C)C3CCC21C. The molecule has 0 aliphatic heterocycles.